The van der Waals surface area contributed by atoms with Crippen LogP contribution in [-0.2, 0) is 14.3 Å². The Hall–Kier alpha value is -1.55. The van der Waals surface area contributed by atoms with Gasteiger partial charge in [-0.05, 0) is 87.8 Å². The molecule has 0 bridgehead atoms. The highest BCUT2D eigenvalue weighted by atomic mass is 16.7. The van der Waals surface area contributed by atoms with Gasteiger partial charge in [0.25, 0.3) is 0 Å². The van der Waals surface area contributed by atoms with Gasteiger partial charge in [0.05, 0.1) is 11.5 Å². The van der Waals surface area contributed by atoms with Crippen LogP contribution in [0.1, 0.15) is 128 Å². The van der Waals surface area contributed by atoms with Crippen LogP contribution in [0.25, 0.3) is 0 Å². The molecule has 186 valence electrons. The first-order chi connectivity index (χ1) is 15.7. The van der Waals surface area contributed by atoms with Crippen molar-refractivity contribution in [3.63, 3.8) is 0 Å². The van der Waals surface area contributed by atoms with Gasteiger partial charge < -0.3 is 14.6 Å². The summed E-state index contributed by atoms with van der Waals surface area (Å²) >= 11 is 0. The maximum atomic E-state index is 13.0. The van der Waals surface area contributed by atoms with Gasteiger partial charge in [0, 0.05) is 5.92 Å². The van der Waals surface area contributed by atoms with E-state index < -0.39 is 11.7 Å². The van der Waals surface area contributed by atoms with Crippen LogP contribution < -0.4 is 0 Å². The van der Waals surface area contributed by atoms with Gasteiger partial charge in [0.2, 0.25) is 6.29 Å². The molecule has 2 aliphatic rings. The van der Waals surface area contributed by atoms with Crippen LogP contribution in [0.4, 0.5) is 0 Å². The molecule has 2 saturated carbocycles. The normalized spacial score (nSPS) is 24.3. The molecule has 0 radical (unpaired) electrons. The van der Waals surface area contributed by atoms with E-state index in [9.17, 15) is 9.90 Å². The van der Waals surface area contributed by atoms with E-state index in [0.717, 1.165) is 56.9 Å². The van der Waals surface area contributed by atoms with E-state index in [1.165, 1.54) is 24.8 Å². The van der Waals surface area contributed by atoms with Crippen LogP contribution in [0.5, 0.6) is 5.75 Å². The number of carbonyl (C=O) groups is 1. The van der Waals surface area contributed by atoms with E-state index in [-0.39, 0.29) is 23.9 Å². The molecular weight excluding hydrogens is 412 g/mol. The Labute approximate surface area is 201 Å². The predicted octanol–water partition coefficient (Wildman–Crippen LogP) is 7.83. The van der Waals surface area contributed by atoms with E-state index in [4.69, 9.17) is 9.47 Å². The van der Waals surface area contributed by atoms with Crippen molar-refractivity contribution in [2.45, 2.75) is 129 Å². The van der Waals surface area contributed by atoms with Crippen LogP contribution in [0.3, 0.4) is 0 Å². The number of hydrogen-bond acceptors (Lipinski definition) is 4. The molecule has 1 N–H and O–H groups in total. The molecule has 0 aliphatic heterocycles. The maximum Gasteiger partial charge on any atom is 0.313 e. The lowest BCUT2D eigenvalue weighted by Crippen LogP contribution is -2.39. The van der Waals surface area contributed by atoms with Gasteiger partial charge in [-0.25, -0.2) is 0 Å². The second-order valence-electron chi connectivity index (χ2n) is 11.2. The molecule has 33 heavy (non-hydrogen) atoms. The number of esters is 1. The maximum absolute atomic E-state index is 13.0. The third-order valence-electron chi connectivity index (χ3n) is 8.31. The Kier molecular flexibility index (Phi) is 9.26. The number of phenols is 1. The molecule has 4 nitrogen and oxygen atoms in total. The van der Waals surface area contributed by atoms with Crippen molar-refractivity contribution < 1.29 is 19.4 Å². The van der Waals surface area contributed by atoms with E-state index in [2.05, 4.69) is 26.0 Å². The second kappa shape index (κ2) is 11.7. The van der Waals surface area contributed by atoms with Gasteiger partial charge >= 0.3 is 5.97 Å². The molecule has 2 aliphatic carbocycles. The molecule has 0 amide bonds. The Bertz CT molecular complexity index is 765. The number of benzene rings is 1. The fourth-order valence-corrected chi connectivity index (χ4v) is 5.23. The summed E-state index contributed by atoms with van der Waals surface area (Å²) in [5, 5.41) is 10.7. The lowest BCUT2D eigenvalue weighted by Gasteiger charge is -2.38. The number of rotatable bonds is 9. The third kappa shape index (κ3) is 6.74. The Morgan fingerprint density at radius 3 is 2.48 bits per heavy atom. The van der Waals surface area contributed by atoms with Crippen molar-refractivity contribution >= 4 is 5.97 Å². The summed E-state index contributed by atoms with van der Waals surface area (Å²) < 4.78 is 12.6. The van der Waals surface area contributed by atoms with Crippen LogP contribution in [0.2, 0.25) is 0 Å². The minimum atomic E-state index is -0.509. The Balaban J connectivity index is 1.79. The van der Waals surface area contributed by atoms with E-state index in [1.807, 2.05) is 26.8 Å². The van der Waals surface area contributed by atoms with Crippen molar-refractivity contribution in [3.05, 3.63) is 29.3 Å². The molecule has 4 atom stereocenters. The molecule has 0 heterocycles. The highest BCUT2D eigenvalue weighted by molar-refractivity contribution is 5.75. The fourth-order valence-electron chi connectivity index (χ4n) is 5.23. The second-order valence-corrected chi connectivity index (χ2v) is 11.2. The molecule has 0 aromatic heterocycles. The summed E-state index contributed by atoms with van der Waals surface area (Å²) in [5.74, 6) is 1.14. The van der Waals surface area contributed by atoms with Crippen molar-refractivity contribution in [2.24, 2.45) is 11.3 Å². The first-order valence-corrected chi connectivity index (χ1v) is 13.4. The van der Waals surface area contributed by atoms with Gasteiger partial charge in [0.15, 0.2) is 0 Å². The van der Waals surface area contributed by atoms with Crippen LogP contribution in [-0.4, -0.2) is 23.5 Å². The molecule has 4 heteroatoms. The molecule has 2 fully saturated rings. The summed E-state index contributed by atoms with van der Waals surface area (Å²) in [6, 6.07) is 6.12. The fraction of sp³-hybridized carbons (Fsp3) is 0.759. The number of ether oxygens (including phenoxy) is 2. The third-order valence-corrected chi connectivity index (χ3v) is 8.31. The lowest BCUT2D eigenvalue weighted by atomic mass is 9.76. The number of carbonyl (C=O) groups excluding carboxylic acids is 1. The predicted molar refractivity (Wildman–Crippen MR) is 133 cm³/mol. The molecule has 3 rings (SSSR count). The van der Waals surface area contributed by atoms with Crippen molar-refractivity contribution in [3.8, 4) is 5.75 Å². The molecular formula is C29H46O4. The molecule has 0 spiro atoms. The van der Waals surface area contributed by atoms with Crippen molar-refractivity contribution in [1.82, 2.24) is 0 Å². The Morgan fingerprint density at radius 1 is 1.09 bits per heavy atom. The van der Waals surface area contributed by atoms with Crippen LogP contribution in [0, 0.1) is 11.3 Å². The summed E-state index contributed by atoms with van der Waals surface area (Å²) in [7, 11) is 0. The topological polar surface area (TPSA) is 55.8 Å². The quantitative estimate of drug-likeness (QED) is 0.302. The zero-order valence-electron chi connectivity index (χ0n) is 21.6. The van der Waals surface area contributed by atoms with Gasteiger partial charge in [-0.3, -0.25) is 4.79 Å². The SMILES string of the molecule is CCC(C)c1ccc(O)c(C2CCCC(C(OC(=O)C(C)(C)CC)OC3CCCCC3)C2)c1. The smallest absolute Gasteiger partial charge is 0.313 e. The first-order valence-electron chi connectivity index (χ1n) is 13.4. The number of aromatic hydroxyl groups is 1. The zero-order chi connectivity index (χ0) is 24.0. The van der Waals surface area contributed by atoms with Crippen LogP contribution in [0.15, 0.2) is 18.2 Å². The first kappa shape index (κ1) is 26.1. The summed E-state index contributed by atoms with van der Waals surface area (Å²) in [4.78, 5) is 13.0. The lowest BCUT2D eigenvalue weighted by molar-refractivity contribution is -0.219. The molecule has 4 unspecified atom stereocenters. The highest BCUT2D eigenvalue weighted by Crippen LogP contribution is 2.43. The van der Waals surface area contributed by atoms with Gasteiger partial charge in [-0.1, -0.05) is 58.6 Å². The van der Waals surface area contributed by atoms with E-state index in [1.54, 1.807) is 0 Å². The summed E-state index contributed by atoms with van der Waals surface area (Å²) in [6.45, 7) is 10.4. The van der Waals surface area contributed by atoms with E-state index >= 15 is 0 Å². The number of hydrogen-bond donors (Lipinski definition) is 1. The van der Waals surface area contributed by atoms with Gasteiger partial charge in [-0.2, -0.15) is 0 Å². The summed E-state index contributed by atoms with van der Waals surface area (Å²) in [6.07, 6.45) is 11.3. The Morgan fingerprint density at radius 2 is 1.82 bits per heavy atom. The standard InChI is InChI=1S/C29H46O4/c1-6-20(3)21-16-17-26(30)25(19-21)22-12-11-13-23(18-22)27(32-24-14-9-8-10-15-24)33-28(31)29(4,5)7-2/h16-17,19-20,22-24,27,30H,6-15,18H2,1-5H3. The number of phenolic OH excluding ortho intramolecular Hbond substituents is 1. The minimum Gasteiger partial charge on any atom is -0.508 e. The zero-order valence-corrected chi connectivity index (χ0v) is 21.6. The summed E-state index contributed by atoms with van der Waals surface area (Å²) in [5.41, 5.74) is 1.83. The molecule has 0 saturated heterocycles. The van der Waals surface area contributed by atoms with E-state index in [0.29, 0.717) is 11.7 Å². The average molecular weight is 459 g/mol. The molecule has 1 aromatic rings. The van der Waals surface area contributed by atoms with Crippen molar-refractivity contribution in [1.29, 1.82) is 0 Å². The van der Waals surface area contributed by atoms with Crippen molar-refractivity contribution in [2.75, 3.05) is 0 Å². The highest BCUT2D eigenvalue weighted by Gasteiger charge is 2.38. The largest absolute Gasteiger partial charge is 0.508 e. The van der Waals surface area contributed by atoms with Crippen LogP contribution >= 0.6 is 0 Å². The monoisotopic (exact) mass is 458 g/mol. The average Bonchev–Trinajstić information content (AvgIpc) is 2.84. The minimum absolute atomic E-state index is 0.158. The van der Waals surface area contributed by atoms with Gasteiger partial charge in [0.1, 0.15) is 5.75 Å². The van der Waals surface area contributed by atoms with Gasteiger partial charge in [-0.15, -0.1) is 0 Å². The molecule has 1 aromatic carbocycles.